The maximum Gasteiger partial charge on any atom is 0.416 e. The average molecular weight is 601 g/mol. The molecule has 0 radical (unpaired) electrons. The molecule has 226 valence electrons. The summed E-state index contributed by atoms with van der Waals surface area (Å²) >= 11 is 0. The Labute approximate surface area is 236 Å². The van der Waals surface area contributed by atoms with E-state index in [1.54, 1.807) is 6.92 Å². The lowest BCUT2D eigenvalue weighted by atomic mass is 9.99. The maximum atomic E-state index is 13.8. The number of alkyl halides is 6. The number of carbonyl (C=O) groups is 1. The van der Waals surface area contributed by atoms with Gasteiger partial charge in [0.1, 0.15) is 18.1 Å². The van der Waals surface area contributed by atoms with Crippen LogP contribution in [0.15, 0.2) is 42.6 Å². The Morgan fingerprint density at radius 3 is 2.24 bits per heavy atom. The van der Waals surface area contributed by atoms with Crippen LogP contribution in [0.1, 0.15) is 32.7 Å². The van der Waals surface area contributed by atoms with E-state index in [1.165, 1.54) is 31.4 Å². The number of nitrogens with zero attached hydrogens (tertiary/aromatic N) is 4. The fraction of sp³-hybridized carbons (Fsp3) is 0.393. The number of carbonyl (C=O) groups excluding carboxylic acids is 1. The second-order valence-corrected chi connectivity index (χ2v) is 9.75. The molecule has 0 aliphatic carbocycles. The van der Waals surface area contributed by atoms with E-state index < -0.39 is 41.7 Å². The summed E-state index contributed by atoms with van der Waals surface area (Å²) < 4.78 is 105. The second kappa shape index (κ2) is 12.6. The molecule has 1 fully saturated rings. The number of halogens is 7. The van der Waals surface area contributed by atoms with Crippen molar-refractivity contribution in [2.45, 2.75) is 25.8 Å². The van der Waals surface area contributed by atoms with Gasteiger partial charge in [0, 0.05) is 45.0 Å². The third kappa shape index (κ3) is 7.73. The van der Waals surface area contributed by atoms with Crippen LogP contribution in [-0.4, -0.2) is 72.2 Å². The topological polar surface area (TPSA) is 67.8 Å². The van der Waals surface area contributed by atoms with Gasteiger partial charge in [-0.15, -0.1) is 0 Å². The summed E-state index contributed by atoms with van der Waals surface area (Å²) in [6.07, 6.45) is -8.76. The van der Waals surface area contributed by atoms with Crippen molar-refractivity contribution in [2.75, 3.05) is 46.5 Å². The summed E-state index contributed by atoms with van der Waals surface area (Å²) in [6, 6.07) is 4.82. The lowest BCUT2D eigenvalue weighted by molar-refractivity contribution is -0.143. The minimum atomic E-state index is -5.04. The smallest absolute Gasteiger partial charge is 0.416 e. The Balaban J connectivity index is 1.64. The van der Waals surface area contributed by atoms with Crippen molar-refractivity contribution in [3.8, 4) is 17.1 Å². The zero-order valence-electron chi connectivity index (χ0n) is 22.7. The molecular formula is C28H27F7N4O3. The summed E-state index contributed by atoms with van der Waals surface area (Å²) in [5, 5.41) is 0. The van der Waals surface area contributed by atoms with Crippen LogP contribution in [0.4, 0.5) is 30.7 Å². The SMILES string of the molecule is Cc1cc(F)ccc1-c1cnc(OCCN2CCOCC2)nc1C(=O)N(C)Cc1cc(C(F)(F)F)cc(C(F)(F)F)c1. The molecule has 0 saturated carbocycles. The first kappa shape index (κ1) is 31.2. The zero-order chi connectivity index (χ0) is 30.7. The third-order valence-corrected chi connectivity index (χ3v) is 6.60. The maximum absolute atomic E-state index is 13.8. The van der Waals surface area contributed by atoms with E-state index >= 15 is 0 Å². The third-order valence-electron chi connectivity index (χ3n) is 6.60. The fourth-order valence-electron chi connectivity index (χ4n) is 4.45. The van der Waals surface area contributed by atoms with Gasteiger partial charge in [-0.05, 0) is 53.9 Å². The first-order valence-electron chi connectivity index (χ1n) is 12.8. The van der Waals surface area contributed by atoms with Gasteiger partial charge in [-0.25, -0.2) is 9.37 Å². The van der Waals surface area contributed by atoms with Crippen LogP contribution in [0.3, 0.4) is 0 Å². The molecule has 0 N–H and O–H groups in total. The van der Waals surface area contributed by atoms with Crippen molar-refractivity contribution in [2.24, 2.45) is 0 Å². The van der Waals surface area contributed by atoms with Crippen molar-refractivity contribution >= 4 is 5.91 Å². The molecule has 2 heterocycles. The molecule has 7 nitrogen and oxygen atoms in total. The fourth-order valence-corrected chi connectivity index (χ4v) is 4.45. The predicted octanol–water partition coefficient (Wildman–Crippen LogP) is 5.61. The van der Waals surface area contributed by atoms with Crippen molar-refractivity contribution < 1.29 is 45.0 Å². The molecule has 1 aromatic heterocycles. The highest BCUT2D eigenvalue weighted by atomic mass is 19.4. The molecule has 0 atom stereocenters. The van der Waals surface area contributed by atoms with E-state index in [9.17, 15) is 35.5 Å². The number of aryl methyl sites for hydroxylation is 1. The summed E-state index contributed by atoms with van der Waals surface area (Å²) in [7, 11) is 1.22. The minimum absolute atomic E-state index is 0.0195. The van der Waals surface area contributed by atoms with Gasteiger partial charge in [-0.3, -0.25) is 9.69 Å². The van der Waals surface area contributed by atoms with Gasteiger partial charge in [0.15, 0.2) is 0 Å². The molecule has 1 aliphatic rings. The Kier molecular flexibility index (Phi) is 9.36. The molecular weight excluding hydrogens is 573 g/mol. The van der Waals surface area contributed by atoms with Crippen molar-refractivity contribution in [1.82, 2.24) is 19.8 Å². The molecule has 0 bridgehead atoms. The molecule has 1 saturated heterocycles. The number of morpholine rings is 1. The summed E-state index contributed by atoms with van der Waals surface area (Å²) in [4.78, 5) is 25.1. The van der Waals surface area contributed by atoms with Crippen LogP contribution in [-0.2, 0) is 23.6 Å². The molecule has 0 unspecified atom stereocenters. The minimum Gasteiger partial charge on any atom is -0.462 e. The number of benzene rings is 2. The lowest BCUT2D eigenvalue weighted by Crippen LogP contribution is -2.38. The largest absolute Gasteiger partial charge is 0.462 e. The van der Waals surface area contributed by atoms with Gasteiger partial charge < -0.3 is 14.4 Å². The number of amides is 1. The molecule has 2 aromatic carbocycles. The van der Waals surface area contributed by atoms with E-state index in [-0.39, 0.29) is 35.5 Å². The summed E-state index contributed by atoms with van der Waals surface area (Å²) in [5.41, 5.74) is -2.54. The van der Waals surface area contributed by atoms with E-state index in [1.807, 2.05) is 0 Å². The van der Waals surface area contributed by atoms with Crippen LogP contribution < -0.4 is 4.74 Å². The molecule has 14 heteroatoms. The number of hydrogen-bond donors (Lipinski definition) is 0. The highest BCUT2D eigenvalue weighted by molar-refractivity contribution is 5.99. The molecule has 4 rings (SSSR count). The quantitative estimate of drug-likeness (QED) is 0.313. The Bertz CT molecular complexity index is 1390. The number of ether oxygens (including phenoxy) is 2. The second-order valence-electron chi connectivity index (χ2n) is 9.75. The van der Waals surface area contributed by atoms with Gasteiger partial charge in [0.25, 0.3) is 5.91 Å². The standard InChI is InChI=1S/C28H27F7N4O3/c1-17-11-21(29)3-4-22(17)23-15-36-26(42-10-7-39-5-8-41-9-6-39)37-24(23)25(40)38(2)16-18-12-19(27(30,31)32)14-20(13-18)28(33,34)35/h3-4,11-15H,5-10,16H2,1-2H3. The Hall–Kier alpha value is -3.78. The molecule has 3 aromatic rings. The Morgan fingerprint density at radius 1 is 1.00 bits per heavy atom. The normalized spacial score (nSPS) is 14.6. The first-order valence-corrected chi connectivity index (χ1v) is 12.8. The van der Waals surface area contributed by atoms with Crippen LogP contribution in [0.25, 0.3) is 11.1 Å². The number of rotatable bonds is 8. The average Bonchev–Trinajstić information content (AvgIpc) is 2.92. The highest BCUT2D eigenvalue weighted by Crippen LogP contribution is 2.37. The van der Waals surface area contributed by atoms with Crippen LogP contribution in [0.2, 0.25) is 0 Å². The van der Waals surface area contributed by atoms with E-state index in [2.05, 4.69) is 14.9 Å². The van der Waals surface area contributed by atoms with Crippen LogP contribution in [0, 0.1) is 12.7 Å². The molecule has 0 spiro atoms. The first-order chi connectivity index (χ1) is 19.7. The van der Waals surface area contributed by atoms with Gasteiger partial charge >= 0.3 is 18.4 Å². The van der Waals surface area contributed by atoms with E-state index in [0.29, 0.717) is 56.1 Å². The van der Waals surface area contributed by atoms with Gasteiger partial charge in [0.05, 0.1) is 24.3 Å². The van der Waals surface area contributed by atoms with E-state index in [0.717, 1.165) is 4.90 Å². The number of aromatic nitrogens is 2. The summed E-state index contributed by atoms with van der Waals surface area (Å²) in [6.45, 7) is 4.33. The summed E-state index contributed by atoms with van der Waals surface area (Å²) in [5.74, 6) is -1.34. The number of hydrogen-bond acceptors (Lipinski definition) is 6. The van der Waals surface area contributed by atoms with E-state index in [4.69, 9.17) is 9.47 Å². The van der Waals surface area contributed by atoms with Crippen molar-refractivity contribution in [3.05, 3.63) is 76.4 Å². The van der Waals surface area contributed by atoms with Gasteiger partial charge in [-0.1, -0.05) is 6.07 Å². The highest BCUT2D eigenvalue weighted by Gasteiger charge is 2.37. The molecule has 42 heavy (non-hydrogen) atoms. The predicted molar refractivity (Wildman–Crippen MR) is 137 cm³/mol. The van der Waals surface area contributed by atoms with Crippen LogP contribution in [0.5, 0.6) is 6.01 Å². The van der Waals surface area contributed by atoms with Crippen LogP contribution >= 0.6 is 0 Å². The van der Waals surface area contributed by atoms with Crippen molar-refractivity contribution in [3.63, 3.8) is 0 Å². The lowest BCUT2D eigenvalue weighted by Gasteiger charge is -2.26. The monoisotopic (exact) mass is 600 g/mol. The van der Waals surface area contributed by atoms with Gasteiger partial charge in [-0.2, -0.15) is 31.3 Å². The van der Waals surface area contributed by atoms with Crippen molar-refractivity contribution in [1.29, 1.82) is 0 Å². The molecule has 1 amide bonds. The van der Waals surface area contributed by atoms with Gasteiger partial charge in [0.2, 0.25) is 0 Å². The Morgan fingerprint density at radius 2 is 1.64 bits per heavy atom. The molecule has 1 aliphatic heterocycles. The zero-order valence-corrected chi connectivity index (χ0v) is 22.7.